The lowest BCUT2D eigenvalue weighted by molar-refractivity contribution is -0.143. The van der Waals surface area contributed by atoms with Gasteiger partial charge >= 0.3 is 12.1 Å². The summed E-state index contributed by atoms with van der Waals surface area (Å²) in [5.74, 6) is -1.45. The number of nitrogens with zero attached hydrogens (tertiary/aromatic N) is 6. The number of hydrogen-bond donors (Lipinski definition) is 1. The van der Waals surface area contributed by atoms with Gasteiger partial charge < -0.3 is 9.84 Å². The molecule has 3 heterocycles. The first-order valence-corrected chi connectivity index (χ1v) is 11.0. The molecule has 0 saturated carbocycles. The van der Waals surface area contributed by atoms with Crippen LogP contribution in [0.5, 0.6) is 5.75 Å². The van der Waals surface area contributed by atoms with E-state index in [0.29, 0.717) is 27.9 Å². The Bertz CT molecular complexity index is 1640. The van der Waals surface area contributed by atoms with Crippen LogP contribution in [-0.4, -0.2) is 40.8 Å². The van der Waals surface area contributed by atoms with Gasteiger partial charge in [0.1, 0.15) is 23.4 Å². The van der Waals surface area contributed by atoms with Gasteiger partial charge in [-0.15, -0.1) is 5.10 Å². The Balaban J connectivity index is 1.50. The summed E-state index contributed by atoms with van der Waals surface area (Å²) in [6, 6.07) is 15.6. The maximum Gasteiger partial charge on any atom is 0.434 e. The molecule has 5 aromatic rings. The van der Waals surface area contributed by atoms with Crippen molar-refractivity contribution in [2.45, 2.75) is 19.7 Å². The van der Waals surface area contributed by atoms with Gasteiger partial charge in [0.05, 0.1) is 17.4 Å². The zero-order valence-electron chi connectivity index (χ0n) is 19.6. The Morgan fingerprint density at radius 3 is 2.68 bits per heavy atom. The number of aromatic carboxylic acids is 1. The van der Waals surface area contributed by atoms with Gasteiger partial charge in [0.25, 0.3) is 0 Å². The van der Waals surface area contributed by atoms with Crippen molar-refractivity contribution in [3.8, 4) is 22.8 Å². The fraction of sp³-hybridized carbons (Fsp3) is 0.160. The van der Waals surface area contributed by atoms with Gasteiger partial charge in [-0.2, -0.15) is 18.3 Å². The van der Waals surface area contributed by atoms with E-state index in [1.807, 2.05) is 37.3 Å². The van der Waals surface area contributed by atoms with Crippen LogP contribution in [0.1, 0.15) is 27.2 Å². The number of pyridine rings is 1. The second kappa shape index (κ2) is 9.04. The number of hydrogen-bond acceptors (Lipinski definition) is 6. The van der Waals surface area contributed by atoms with Crippen LogP contribution < -0.4 is 4.74 Å². The summed E-state index contributed by atoms with van der Waals surface area (Å²) in [4.78, 5) is 15.7. The zero-order valence-corrected chi connectivity index (χ0v) is 19.6. The summed E-state index contributed by atoms with van der Waals surface area (Å²) in [7, 11) is 1.80. The van der Waals surface area contributed by atoms with Crippen molar-refractivity contribution in [3.63, 3.8) is 0 Å². The minimum absolute atomic E-state index is 0.183. The topological polar surface area (TPSA) is 108 Å². The number of benzene rings is 2. The summed E-state index contributed by atoms with van der Waals surface area (Å²) in [6.07, 6.45) is -4.29. The van der Waals surface area contributed by atoms with Gasteiger partial charge in [-0.1, -0.05) is 29.0 Å². The average Bonchev–Trinajstić information content (AvgIpc) is 3.48. The predicted octanol–water partition coefficient (Wildman–Crippen LogP) is 4.82. The number of carbonyl (C=O) groups is 1. The molecule has 0 aliphatic heterocycles. The van der Waals surface area contributed by atoms with Gasteiger partial charge in [-0.3, -0.25) is 0 Å². The van der Waals surface area contributed by atoms with Crippen LogP contribution in [0.4, 0.5) is 13.2 Å². The molecule has 0 radical (unpaired) electrons. The van der Waals surface area contributed by atoms with Crippen molar-refractivity contribution >= 4 is 17.0 Å². The Hall–Kier alpha value is -4.74. The molecule has 0 atom stereocenters. The highest BCUT2D eigenvalue weighted by molar-refractivity contribution is 5.89. The summed E-state index contributed by atoms with van der Waals surface area (Å²) in [5, 5.41) is 21.0. The lowest BCUT2D eigenvalue weighted by Gasteiger charge is -2.14. The van der Waals surface area contributed by atoms with Crippen molar-refractivity contribution in [2.75, 3.05) is 0 Å². The molecule has 0 aliphatic rings. The van der Waals surface area contributed by atoms with Crippen molar-refractivity contribution in [1.82, 2.24) is 29.8 Å². The van der Waals surface area contributed by atoms with E-state index in [4.69, 9.17) is 4.74 Å². The molecule has 5 rings (SSSR count). The van der Waals surface area contributed by atoms with Gasteiger partial charge in [-0.05, 0) is 48.9 Å². The van der Waals surface area contributed by atoms with Crippen molar-refractivity contribution in [3.05, 3.63) is 83.2 Å². The number of halogens is 3. The Morgan fingerprint density at radius 1 is 1.11 bits per heavy atom. The number of alkyl halides is 3. The van der Waals surface area contributed by atoms with Crippen LogP contribution in [0.3, 0.4) is 0 Å². The summed E-state index contributed by atoms with van der Waals surface area (Å²) >= 11 is 0. The highest BCUT2D eigenvalue weighted by Gasteiger charge is 2.41. The average molecular weight is 508 g/mol. The maximum absolute atomic E-state index is 13.7. The van der Waals surface area contributed by atoms with E-state index in [2.05, 4.69) is 20.4 Å². The van der Waals surface area contributed by atoms with E-state index in [1.54, 1.807) is 23.9 Å². The van der Waals surface area contributed by atoms with Crippen molar-refractivity contribution < 1.29 is 27.8 Å². The van der Waals surface area contributed by atoms with E-state index in [1.165, 1.54) is 12.1 Å². The van der Waals surface area contributed by atoms with Crippen LogP contribution in [0.15, 0.2) is 60.8 Å². The number of fused-ring (bicyclic) bond motifs is 1. The lowest BCUT2D eigenvalue weighted by atomic mass is 10.1. The SMILES string of the molecule is Cc1ccc(OCc2ccc3c(c2)nnn3C)c(-c2cccc(-n3ncc(C(=O)O)c3C(F)(F)F)n2)c1. The first-order valence-electron chi connectivity index (χ1n) is 11.0. The lowest BCUT2D eigenvalue weighted by Crippen LogP contribution is -2.18. The molecule has 0 spiro atoms. The molecule has 0 amide bonds. The van der Waals surface area contributed by atoms with E-state index in [9.17, 15) is 23.1 Å². The zero-order chi connectivity index (χ0) is 26.3. The quantitative estimate of drug-likeness (QED) is 0.350. The molecule has 0 saturated heterocycles. The molecular weight excluding hydrogens is 489 g/mol. The maximum atomic E-state index is 13.7. The molecule has 0 unspecified atom stereocenters. The van der Waals surface area contributed by atoms with Crippen molar-refractivity contribution in [2.24, 2.45) is 7.05 Å². The first kappa shape index (κ1) is 24.0. The molecule has 0 bridgehead atoms. The molecule has 9 nitrogen and oxygen atoms in total. The Morgan fingerprint density at radius 2 is 1.92 bits per heavy atom. The molecule has 2 aromatic carbocycles. The third-order valence-electron chi connectivity index (χ3n) is 5.70. The second-order valence-corrected chi connectivity index (χ2v) is 8.33. The van der Waals surface area contributed by atoms with Crippen LogP contribution in [0.25, 0.3) is 28.1 Å². The van der Waals surface area contributed by atoms with Gasteiger partial charge in [0, 0.05) is 12.6 Å². The minimum atomic E-state index is -4.95. The number of carboxylic acids is 1. The molecule has 0 fully saturated rings. The fourth-order valence-electron chi connectivity index (χ4n) is 3.95. The highest BCUT2D eigenvalue weighted by atomic mass is 19.4. The normalized spacial score (nSPS) is 11.7. The van der Waals surface area contributed by atoms with Gasteiger partial charge in [0.15, 0.2) is 11.5 Å². The van der Waals surface area contributed by atoms with Crippen molar-refractivity contribution in [1.29, 1.82) is 0 Å². The number of aromatic nitrogens is 6. The molecule has 188 valence electrons. The number of aryl methyl sites for hydroxylation is 2. The molecule has 12 heteroatoms. The monoisotopic (exact) mass is 508 g/mol. The number of rotatable bonds is 6. The Kier molecular flexibility index (Phi) is 5.86. The van der Waals surface area contributed by atoms with Crippen LogP contribution in [-0.2, 0) is 19.8 Å². The molecular formula is C25H19F3N6O3. The molecule has 1 N–H and O–H groups in total. The molecule has 0 aliphatic carbocycles. The fourth-order valence-corrected chi connectivity index (χ4v) is 3.95. The van der Waals surface area contributed by atoms with Crippen LogP contribution in [0, 0.1) is 6.92 Å². The van der Waals surface area contributed by atoms with E-state index >= 15 is 0 Å². The summed E-state index contributed by atoms with van der Waals surface area (Å²) in [6.45, 7) is 2.08. The third-order valence-corrected chi connectivity index (χ3v) is 5.70. The summed E-state index contributed by atoms with van der Waals surface area (Å²) < 4.78 is 49.3. The van der Waals surface area contributed by atoms with Crippen LogP contribution in [0.2, 0.25) is 0 Å². The Labute approximate surface area is 207 Å². The van der Waals surface area contributed by atoms with E-state index in [-0.39, 0.29) is 12.4 Å². The van der Waals surface area contributed by atoms with E-state index in [0.717, 1.165) is 22.2 Å². The highest BCUT2D eigenvalue weighted by Crippen LogP contribution is 2.35. The van der Waals surface area contributed by atoms with E-state index < -0.39 is 23.4 Å². The minimum Gasteiger partial charge on any atom is -0.488 e. The van der Waals surface area contributed by atoms with Gasteiger partial charge in [-0.25, -0.2) is 19.1 Å². The standard InChI is InChI=1S/C25H19F3N6O3/c1-14-6-9-21(37-13-15-7-8-20-19(11-15)31-32-33(20)2)16(10-14)18-4-3-5-22(30-18)34-23(25(26,27)28)17(12-29-34)24(35)36/h3-12H,13H2,1-2H3,(H,35,36). The predicted molar refractivity (Wildman–Crippen MR) is 126 cm³/mol. The van der Waals surface area contributed by atoms with Gasteiger partial charge in [0.2, 0.25) is 0 Å². The third kappa shape index (κ3) is 4.60. The molecule has 3 aromatic heterocycles. The largest absolute Gasteiger partial charge is 0.488 e. The van der Waals surface area contributed by atoms with Crippen LogP contribution >= 0.6 is 0 Å². The number of ether oxygens (including phenoxy) is 1. The smallest absolute Gasteiger partial charge is 0.434 e. The molecule has 37 heavy (non-hydrogen) atoms. The number of carboxylic acid groups (broad SMARTS) is 1. The summed E-state index contributed by atoms with van der Waals surface area (Å²) in [5.41, 5.74) is 1.87. The second-order valence-electron chi connectivity index (χ2n) is 8.33. The first-order chi connectivity index (χ1) is 17.6.